The van der Waals surface area contributed by atoms with E-state index in [1.54, 1.807) is 37.1 Å². The highest BCUT2D eigenvalue weighted by molar-refractivity contribution is 6.30. The van der Waals surface area contributed by atoms with E-state index in [2.05, 4.69) is 10.4 Å². The molecule has 1 heterocycles. The number of carbonyl (C=O) groups is 1. The molecule has 30 heavy (non-hydrogen) atoms. The van der Waals surface area contributed by atoms with Gasteiger partial charge in [-0.05, 0) is 48.5 Å². The Bertz CT molecular complexity index is 1220. The molecule has 0 aliphatic carbocycles. The summed E-state index contributed by atoms with van der Waals surface area (Å²) in [5.74, 6) is 1.76. The summed E-state index contributed by atoms with van der Waals surface area (Å²) in [4.78, 5) is 13.0. The Kier molecular flexibility index (Phi) is 5.59. The zero-order chi connectivity index (χ0) is 21.1. The molecule has 0 bridgehead atoms. The number of nitrogens with one attached hydrogen (secondary N) is 1. The number of nitrogens with zero attached hydrogens (tertiary/aromatic N) is 2. The van der Waals surface area contributed by atoms with Crippen molar-refractivity contribution in [3.05, 3.63) is 77.3 Å². The van der Waals surface area contributed by atoms with Crippen molar-refractivity contribution < 1.29 is 14.3 Å². The number of Topliss-reactive ketones (excluding diaryl/α,β-unsaturated/α-hetero) is 1. The minimum atomic E-state index is -0.0954. The summed E-state index contributed by atoms with van der Waals surface area (Å²) in [6.07, 6.45) is 0. The molecule has 0 aliphatic heterocycles. The summed E-state index contributed by atoms with van der Waals surface area (Å²) in [5.41, 5.74) is 2.12. The number of aromatic nitrogens is 2. The lowest BCUT2D eigenvalue weighted by molar-refractivity contribution is 0.0966. The molecule has 0 spiro atoms. The van der Waals surface area contributed by atoms with Gasteiger partial charge in [0.1, 0.15) is 18.0 Å². The molecule has 6 nitrogen and oxygen atoms in total. The molecule has 0 radical (unpaired) electrons. The molecule has 0 atom stereocenters. The summed E-state index contributed by atoms with van der Waals surface area (Å²) in [6.45, 7) is 0.0699. The number of halogens is 1. The number of ketones is 1. The van der Waals surface area contributed by atoms with Gasteiger partial charge in [-0.1, -0.05) is 29.8 Å². The molecule has 0 fully saturated rings. The Morgan fingerprint density at radius 1 is 1.03 bits per heavy atom. The third-order valence-electron chi connectivity index (χ3n) is 4.75. The number of carbonyl (C=O) groups excluding carboxylic acids is 1. The van der Waals surface area contributed by atoms with Crippen LogP contribution >= 0.6 is 11.6 Å². The molecule has 152 valence electrons. The van der Waals surface area contributed by atoms with E-state index in [0.717, 1.165) is 16.6 Å². The van der Waals surface area contributed by atoms with Gasteiger partial charge in [-0.3, -0.25) is 9.48 Å². The number of fused-ring (bicyclic) bond motifs is 1. The SMILES string of the molecule is COc1ccc2c(c1)c(Nc1cccc(Cl)c1)nn2CC(=O)c1ccccc1OC. The molecule has 3 aromatic carbocycles. The van der Waals surface area contributed by atoms with Crippen LogP contribution in [0.4, 0.5) is 11.5 Å². The molecule has 7 heteroatoms. The second kappa shape index (κ2) is 8.47. The second-order valence-corrected chi connectivity index (χ2v) is 7.08. The molecular formula is C23H20ClN3O3. The van der Waals surface area contributed by atoms with Gasteiger partial charge in [-0.15, -0.1) is 0 Å². The van der Waals surface area contributed by atoms with Crippen molar-refractivity contribution in [2.45, 2.75) is 6.54 Å². The smallest absolute Gasteiger partial charge is 0.188 e. The van der Waals surface area contributed by atoms with Crippen molar-refractivity contribution in [3.8, 4) is 11.5 Å². The molecule has 4 aromatic rings. The molecule has 0 saturated carbocycles. The van der Waals surface area contributed by atoms with E-state index < -0.39 is 0 Å². The summed E-state index contributed by atoms with van der Waals surface area (Å²) in [5, 5.41) is 9.40. The highest BCUT2D eigenvalue weighted by Gasteiger charge is 2.17. The van der Waals surface area contributed by atoms with Crippen molar-refractivity contribution in [2.24, 2.45) is 0 Å². The molecule has 4 rings (SSSR count). The van der Waals surface area contributed by atoms with Crippen molar-refractivity contribution in [1.82, 2.24) is 9.78 Å². The molecule has 0 saturated heterocycles. The Labute approximate surface area is 179 Å². The number of rotatable bonds is 7. The van der Waals surface area contributed by atoms with Crippen molar-refractivity contribution in [3.63, 3.8) is 0 Å². The van der Waals surface area contributed by atoms with Gasteiger partial charge in [0, 0.05) is 16.1 Å². The molecule has 1 N–H and O–H groups in total. The van der Waals surface area contributed by atoms with Crippen LogP contribution in [0, 0.1) is 0 Å². The largest absolute Gasteiger partial charge is 0.497 e. The highest BCUT2D eigenvalue weighted by Crippen LogP contribution is 2.30. The Balaban J connectivity index is 1.73. The number of anilines is 2. The third kappa shape index (κ3) is 3.95. The fourth-order valence-electron chi connectivity index (χ4n) is 3.30. The average molecular weight is 422 g/mol. The van der Waals surface area contributed by atoms with Crippen LogP contribution in [0.2, 0.25) is 5.02 Å². The third-order valence-corrected chi connectivity index (χ3v) is 4.98. The molecule has 1 aromatic heterocycles. The predicted octanol–water partition coefficient (Wildman–Crippen LogP) is 5.33. The van der Waals surface area contributed by atoms with Crippen molar-refractivity contribution >= 4 is 39.8 Å². The van der Waals surface area contributed by atoms with Gasteiger partial charge in [0.15, 0.2) is 11.6 Å². The maximum atomic E-state index is 13.0. The number of methoxy groups -OCH3 is 2. The first-order valence-corrected chi connectivity index (χ1v) is 9.70. The first-order valence-electron chi connectivity index (χ1n) is 9.32. The van der Waals surface area contributed by atoms with Crippen LogP contribution in [-0.2, 0) is 6.54 Å². The van der Waals surface area contributed by atoms with Crippen LogP contribution in [0.1, 0.15) is 10.4 Å². The first-order chi connectivity index (χ1) is 14.6. The van der Waals surface area contributed by atoms with E-state index in [1.165, 1.54) is 0 Å². The summed E-state index contributed by atoms with van der Waals surface area (Å²) in [6, 6.07) is 20.2. The van der Waals surface area contributed by atoms with Crippen LogP contribution in [0.25, 0.3) is 10.9 Å². The fraction of sp³-hybridized carbons (Fsp3) is 0.130. The van der Waals surface area contributed by atoms with Gasteiger partial charge < -0.3 is 14.8 Å². The monoisotopic (exact) mass is 421 g/mol. The second-order valence-electron chi connectivity index (χ2n) is 6.65. The van der Waals surface area contributed by atoms with Crippen molar-refractivity contribution in [1.29, 1.82) is 0 Å². The number of benzene rings is 3. The lowest BCUT2D eigenvalue weighted by Gasteiger charge is -2.08. The molecule has 0 aliphatic rings. The van der Waals surface area contributed by atoms with Gasteiger partial charge in [-0.2, -0.15) is 5.10 Å². The van der Waals surface area contributed by atoms with Gasteiger partial charge in [0.2, 0.25) is 0 Å². The number of ether oxygens (including phenoxy) is 2. The summed E-state index contributed by atoms with van der Waals surface area (Å²) < 4.78 is 12.4. The van der Waals surface area contributed by atoms with E-state index in [4.69, 9.17) is 21.1 Å². The predicted molar refractivity (Wildman–Crippen MR) is 118 cm³/mol. The van der Waals surface area contributed by atoms with Crippen LogP contribution in [0.15, 0.2) is 66.7 Å². The lowest BCUT2D eigenvalue weighted by atomic mass is 10.1. The normalized spacial score (nSPS) is 10.8. The zero-order valence-electron chi connectivity index (χ0n) is 16.6. The minimum absolute atomic E-state index is 0.0699. The van der Waals surface area contributed by atoms with E-state index in [9.17, 15) is 4.79 Å². The molecular weight excluding hydrogens is 402 g/mol. The molecule has 0 amide bonds. The highest BCUT2D eigenvalue weighted by atomic mass is 35.5. The van der Waals surface area contributed by atoms with Gasteiger partial charge in [0.25, 0.3) is 0 Å². The van der Waals surface area contributed by atoms with Crippen LogP contribution < -0.4 is 14.8 Å². The van der Waals surface area contributed by atoms with Crippen LogP contribution in [-0.4, -0.2) is 29.8 Å². The number of para-hydroxylation sites is 1. The Hall–Kier alpha value is -3.51. The minimum Gasteiger partial charge on any atom is -0.497 e. The van der Waals surface area contributed by atoms with Crippen LogP contribution in [0.3, 0.4) is 0 Å². The van der Waals surface area contributed by atoms with Crippen LogP contribution in [0.5, 0.6) is 11.5 Å². The van der Waals surface area contributed by atoms with Gasteiger partial charge in [0.05, 0.1) is 25.3 Å². The van der Waals surface area contributed by atoms with E-state index >= 15 is 0 Å². The van der Waals surface area contributed by atoms with Gasteiger partial charge in [-0.25, -0.2) is 0 Å². The lowest BCUT2D eigenvalue weighted by Crippen LogP contribution is -2.13. The quantitative estimate of drug-likeness (QED) is 0.408. The van der Waals surface area contributed by atoms with E-state index in [-0.39, 0.29) is 12.3 Å². The average Bonchev–Trinajstić information content (AvgIpc) is 3.09. The summed E-state index contributed by atoms with van der Waals surface area (Å²) in [7, 11) is 3.16. The van der Waals surface area contributed by atoms with E-state index in [0.29, 0.717) is 27.9 Å². The number of hydrogen-bond acceptors (Lipinski definition) is 5. The topological polar surface area (TPSA) is 65.4 Å². The Morgan fingerprint density at radius 2 is 1.87 bits per heavy atom. The Morgan fingerprint density at radius 3 is 2.63 bits per heavy atom. The number of hydrogen-bond donors (Lipinski definition) is 1. The fourth-order valence-corrected chi connectivity index (χ4v) is 3.49. The van der Waals surface area contributed by atoms with Crippen molar-refractivity contribution in [2.75, 3.05) is 19.5 Å². The maximum absolute atomic E-state index is 13.0. The summed E-state index contributed by atoms with van der Waals surface area (Å²) >= 11 is 6.11. The van der Waals surface area contributed by atoms with Gasteiger partial charge >= 0.3 is 0 Å². The first kappa shape index (κ1) is 19.8. The van der Waals surface area contributed by atoms with E-state index in [1.807, 2.05) is 48.5 Å². The standard InChI is InChI=1S/C23H20ClN3O3/c1-29-17-10-11-20-19(13-17)23(25-16-7-5-6-15(24)12-16)26-27(20)14-21(28)18-8-3-4-9-22(18)30-2/h3-13H,14H2,1-2H3,(H,25,26). The maximum Gasteiger partial charge on any atom is 0.188 e. The molecule has 0 unspecified atom stereocenters. The zero-order valence-corrected chi connectivity index (χ0v) is 17.3.